The van der Waals surface area contributed by atoms with Gasteiger partial charge in [-0.2, -0.15) is 10.1 Å². The Morgan fingerprint density at radius 2 is 1.79 bits per heavy atom. The minimum absolute atomic E-state index is 0.105. The Morgan fingerprint density at radius 3 is 2.48 bits per heavy atom. The van der Waals surface area contributed by atoms with Gasteiger partial charge in [-0.25, -0.2) is 0 Å². The van der Waals surface area contributed by atoms with Gasteiger partial charge in [-0.1, -0.05) is 29.8 Å². The lowest BCUT2D eigenvalue weighted by atomic mass is 10.1. The van der Waals surface area contributed by atoms with Crippen molar-refractivity contribution < 1.29 is 19.1 Å². The van der Waals surface area contributed by atoms with Gasteiger partial charge in [0.1, 0.15) is 5.75 Å². The average Bonchev–Trinajstić information content (AvgIpc) is 3.20. The first-order valence-corrected chi connectivity index (χ1v) is 10.7. The fraction of sp³-hybridized carbons (Fsp3) is 0.320. The smallest absolute Gasteiger partial charge is 0.321 e. The van der Waals surface area contributed by atoms with Crippen molar-refractivity contribution in [1.82, 2.24) is 14.9 Å². The Labute approximate surface area is 193 Å². The molecule has 0 aliphatic heterocycles. The number of hydrogen-bond acceptors (Lipinski definition) is 6. The van der Waals surface area contributed by atoms with E-state index in [1.165, 1.54) is 0 Å². The van der Waals surface area contributed by atoms with Gasteiger partial charge < -0.3 is 14.5 Å². The quantitative estimate of drug-likeness (QED) is 0.234. The minimum Gasteiger partial charge on any atom is -0.483 e. The van der Waals surface area contributed by atoms with Crippen molar-refractivity contribution >= 4 is 29.0 Å². The minimum atomic E-state index is -0.452. The van der Waals surface area contributed by atoms with Crippen molar-refractivity contribution in [3.05, 3.63) is 64.8 Å². The topological polar surface area (TPSA) is 87.2 Å². The van der Waals surface area contributed by atoms with Crippen LogP contribution in [0.15, 0.2) is 47.7 Å². The number of hydrazone groups is 1. The van der Waals surface area contributed by atoms with E-state index in [0.717, 1.165) is 38.2 Å². The number of fused-ring (bicyclic) bond motifs is 1. The summed E-state index contributed by atoms with van der Waals surface area (Å²) in [6.07, 6.45) is 3.42. The maximum Gasteiger partial charge on any atom is 0.321 e. The Bertz CT molecular complexity index is 1140. The largest absolute Gasteiger partial charge is 0.483 e. The summed E-state index contributed by atoms with van der Waals surface area (Å²) in [4.78, 5) is 29.7. The van der Waals surface area contributed by atoms with E-state index in [-0.39, 0.29) is 19.9 Å². The fourth-order valence-electron chi connectivity index (χ4n) is 3.49. The number of amides is 1. The first-order chi connectivity index (χ1) is 15.7. The maximum absolute atomic E-state index is 12.9. The van der Waals surface area contributed by atoms with Crippen LogP contribution < -0.4 is 4.74 Å². The monoisotopic (exact) mass is 450 g/mol. The second kappa shape index (κ2) is 10.8. The van der Waals surface area contributed by atoms with Gasteiger partial charge in [0.15, 0.2) is 13.3 Å². The number of esters is 1. The molecule has 3 aromatic rings. The number of aromatic amines is 1. The summed E-state index contributed by atoms with van der Waals surface area (Å²) in [5.74, 6) is -0.212. The third-order valence-corrected chi connectivity index (χ3v) is 4.95. The first-order valence-electron chi connectivity index (χ1n) is 10.7. The summed E-state index contributed by atoms with van der Waals surface area (Å²) in [5, 5.41) is 6.46. The summed E-state index contributed by atoms with van der Waals surface area (Å²) in [5.41, 5.74) is 4.79. The number of aromatic nitrogens is 1. The van der Waals surface area contributed by atoms with Gasteiger partial charge in [0.2, 0.25) is 0 Å². The normalized spacial score (nSPS) is 11.3. The number of H-pyrrole nitrogens is 1. The van der Waals surface area contributed by atoms with Crippen LogP contribution in [0.25, 0.3) is 10.9 Å². The second-order valence-electron chi connectivity index (χ2n) is 8.26. The van der Waals surface area contributed by atoms with Gasteiger partial charge in [0.05, 0.1) is 12.8 Å². The number of ether oxygens (including phenoxy) is 2. The molecule has 8 nitrogen and oxygen atoms in total. The number of nitrogens with one attached hydrogen (secondary N) is 1. The van der Waals surface area contributed by atoms with Crippen LogP contribution in [-0.4, -0.2) is 67.0 Å². The summed E-state index contributed by atoms with van der Waals surface area (Å²) in [6, 6.07) is 11.8. The SMILES string of the molecule is Cc1cc(C)c(OCC(=O)N(COC(=O)CN(C)C)N=Cc2ccc3cc[nH]c3c2)c(C)c1. The summed E-state index contributed by atoms with van der Waals surface area (Å²) in [7, 11) is 3.53. The van der Waals surface area contributed by atoms with Gasteiger partial charge in [0, 0.05) is 11.7 Å². The van der Waals surface area contributed by atoms with Crippen LogP contribution in [0.5, 0.6) is 5.75 Å². The molecule has 0 fully saturated rings. The lowest BCUT2D eigenvalue weighted by molar-refractivity contribution is -0.154. The van der Waals surface area contributed by atoms with Crippen molar-refractivity contribution in [2.75, 3.05) is 34.0 Å². The van der Waals surface area contributed by atoms with Crippen molar-refractivity contribution in [3.8, 4) is 5.75 Å². The van der Waals surface area contributed by atoms with E-state index in [9.17, 15) is 9.59 Å². The first kappa shape index (κ1) is 24.0. The number of carbonyl (C=O) groups is 2. The standard InChI is InChI=1S/C25H30N4O4/c1-17-10-18(2)25(19(3)11-17)32-15-23(30)29(16-33-24(31)14-28(4)5)27-13-20-6-7-21-8-9-26-22(21)12-20/h6-13,26H,14-16H2,1-5H3. The number of likely N-dealkylation sites (N-methyl/N-ethyl adjacent to an activating group) is 1. The predicted molar refractivity (Wildman–Crippen MR) is 128 cm³/mol. The van der Waals surface area contributed by atoms with Crippen molar-refractivity contribution in [2.45, 2.75) is 20.8 Å². The lowest BCUT2D eigenvalue weighted by Crippen LogP contribution is -2.35. The van der Waals surface area contributed by atoms with E-state index < -0.39 is 11.9 Å². The summed E-state index contributed by atoms with van der Waals surface area (Å²) >= 11 is 0. The Balaban J connectivity index is 1.73. The Morgan fingerprint density at radius 1 is 1.06 bits per heavy atom. The molecule has 0 atom stereocenters. The highest BCUT2D eigenvalue weighted by Crippen LogP contribution is 2.24. The van der Waals surface area contributed by atoms with Crippen LogP contribution >= 0.6 is 0 Å². The summed E-state index contributed by atoms with van der Waals surface area (Å²) in [6.45, 7) is 5.46. The van der Waals surface area contributed by atoms with Crippen LogP contribution in [0.1, 0.15) is 22.3 Å². The van der Waals surface area contributed by atoms with Crippen molar-refractivity contribution in [3.63, 3.8) is 0 Å². The van der Waals surface area contributed by atoms with E-state index >= 15 is 0 Å². The molecule has 2 aromatic carbocycles. The van der Waals surface area contributed by atoms with E-state index in [2.05, 4.69) is 10.1 Å². The van der Waals surface area contributed by atoms with Gasteiger partial charge >= 0.3 is 5.97 Å². The highest BCUT2D eigenvalue weighted by atomic mass is 16.5. The molecule has 0 saturated heterocycles. The molecule has 1 amide bonds. The molecule has 1 aromatic heterocycles. The third-order valence-electron chi connectivity index (χ3n) is 4.95. The molecule has 1 heterocycles. The van der Waals surface area contributed by atoms with Crippen LogP contribution in [0, 0.1) is 20.8 Å². The molecule has 1 N–H and O–H groups in total. The number of benzene rings is 2. The highest BCUT2D eigenvalue weighted by Gasteiger charge is 2.17. The van der Waals surface area contributed by atoms with E-state index in [1.54, 1.807) is 25.2 Å². The van der Waals surface area contributed by atoms with Crippen LogP contribution in [-0.2, 0) is 14.3 Å². The zero-order valence-electron chi connectivity index (χ0n) is 19.7. The average molecular weight is 451 g/mol. The number of nitrogens with zero attached hydrogens (tertiary/aromatic N) is 3. The molecule has 0 saturated carbocycles. The third kappa shape index (κ3) is 6.66. The van der Waals surface area contributed by atoms with E-state index in [4.69, 9.17) is 9.47 Å². The second-order valence-corrected chi connectivity index (χ2v) is 8.26. The molecular weight excluding hydrogens is 420 g/mol. The van der Waals surface area contributed by atoms with Crippen molar-refractivity contribution in [2.24, 2.45) is 5.10 Å². The Kier molecular flexibility index (Phi) is 7.84. The molecule has 174 valence electrons. The summed E-state index contributed by atoms with van der Waals surface area (Å²) < 4.78 is 11.1. The van der Waals surface area contributed by atoms with Gasteiger partial charge in [-0.05, 0) is 69.1 Å². The number of aryl methyl sites for hydroxylation is 3. The predicted octanol–water partition coefficient (Wildman–Crippen LogP) is 3.40. The number of carbonyl (C=O) groups excluding carboxylic acids is 2. The molecule has 0 bridgehead atoms. The molecule has 0 aliphatic rings. The molecule has 0 radical (unpaired) electrons. The molecule has 3 rings (SSSR count). The van der Waals surface area contributed by atoms with E-state index in [0.29, 0.717) is 5.75 Å². The highest BCUT2D eigenvalue weighted by molar-refractivity contribution is 5.89. The zero-order valence-corrected chi connectivity index (χ0v) is 19.7. The molecule has 0 spiro atoms. The maximum atomic E-state index is 12.9. The van der Waals surface area contributed by atoms with Crippen LogP contribution in [0.2, 0.25) is 0 Å². The number of hydrogen-bond donors (Lipinski definition) is 1. The number of rotatable bonds is 9. The lowest BCUT2D eigenvalue weighted by Gasteiger charge is -2.19. The van der Waals surface area contributed by atoms with Crippen molar-refractivity contribution in [1.29, 1.82) is 0 Å². The molecule has 0 aliphatic carbocycles. The fourth-order valence-corrected chi connectivity index (χ4v) is 3.49. The van der Waals surface area contributed by atoms with Gasteiger partial charge in [-0.3, -0.25) is 14.5 Å². The molecule has 33 heavy (non-hydrogen) atoms. The molecule has 8 heteroatoms. The van der Waals surface area contributed by atoms with Crippen LogP contribution in [0.4, 0.5) is 0 Å². The van der Waals surface area contributed by atoms with Crippen LogP contribution in [0.3, 0.4) is 0 Å². The molecule has 0 unspecified atom stereocenters. The Hall–Kier alpha value is -3.65. The molecular formula is C25H30N4O4. The van der Waals surface area contributed by atoms with Gasteiger partial charge in [-0.15, -0.1) is 0 Å². The zero-order chi connectivity index (χ0) is 24.0. The van der Waals surface area contributed by atoms with E-state index in [1.807, 2.05) is 63.4 Å². The van der Waals surface area contributed by atoms with Gasteiger partial charge in [0.25, 0.3) is 5.91 Å².